The first-order valence-electron chi connectivity index (χ1n) is 6.61. The van der Waals surface area contributed by atoms with Gasteiger partial charge in [0, 0.05) is 6.54 Å². The third-order valence-electron chi connectivity index (χ3n) is 3.18. The molecular weight excluding hydrogens is 234 g/mol. The average molecular weight is 253 g/mol. The molecule has 1 atom stereocenters. The van der Waals surface area contributed by atoms with E-state index in [0.717, 1.165) is 5.56 Å². The fourth-order valence-corrected chi connectivity index (χ4v) is 2.01. The van der Waals surface area contributed by atoms with Crippen molar-refractivity contribution in [1.82, 2.24) is 5.32 Å². The van der Waals surface area contributed by atoms with Crippen molar-refractivity contribution in [3.8, 4) is 0 Å². The van der Waals surface area contributed by atoms with E-state index in [2.05, 4.69) is 24.4 Å². The quantitative estimate of drug-likeness (QED) is 0.871. The van der Waals surface area contributed by atoms with Gasteiger partial charge in [-0.1, -0.05) is 67.6 Å². The van der Waals surface area contributed by atoms with Crippen molar-refractivity contribution in [2.45, 2.75) is 19.3 Å². The van der Waals surface area contributed by atoms with Gasteiger partial charge in [-0.3, -0.25) is 4.79 Å². The van der Waals surface area contributed by atoms with Crippen LogP contribution in [0.15, 0.2) is 60.7 Å². The maximum atomic E-state index is 11.8. The van der Waals surface area contributed by atoms with E-state index in [4.69, 9.17) is 0 Å². The SMILES string of the molecule is C[C@H](CNC(=O)Cc1ccccc1)c1ccccc1. The summed E-state index contributed by atoms with van der Waals surface area (Å²) in [6, 6.07) is 20.0. The number of amides is 1. The van der Waals surface area contributed by atoms with Crippen LogP contribution in [0.25, 0.3) is 0 Å². The van der Waals surface area contributed by atoms with Crippen molar-refractivity contribution in [2.75, 3.05) is 6.54 Å². The molecular formula is C17H19NO. The molecule has 0 bridgehead atoms. The fraction of sp³-hybridized carbons (Fsp3) is 0.235. The molecule has 0 heterocycles. The zero-order valence-corrected chi connectivity index (χ0v) is 11.2. The Labute approximate surface area is 114 Å². The van der Waals surface area contributed by atoms with Gasteiger partial charge in [-0.25, -0.2) is 0 Å². The number of nitrogens with one attached hydrogen (secondary N) is 1. The molecule has 98 valence electrons. The first-order chi connectivity index (χ1) is 9.25. The number of hydrogen-bond acceptors (Lipinski definition) is 1. The van der Waals surface area contributed by atoms with E-state index in [-0.39, 0.29) is 5.91 Å². The largest absolute Gasteiger partial charge is 0.355 e. The van der Waals surface area contributed by atoms with Gasteiger partial charge in [-0.05, 0) is 17.0 Å². The van der Waals surface area contributed by atoms with Crippen LogP contribution >= 0.6 is 0 Å². The second-order valence-corrected chi connectivity index (χ2v) is 4.78. The molecule has 0 radical (unpaired) electrons. The summed E-state index contributed by atoms with van der Waals surface area (Å²) >= 11 is 0. The highest BCUT2D eigenvalue weighted by Gasteiger charge is 2.07. The molecule has 1 N–H and O–H groups in total. The van der Waals surface area contributed by atoms with Crippen LogP contribution in [0.1, 0.15) is 24.0 Å². The van der Waals surface area contributed by atoms with E-state index in [1.165, 1.54) is 5.56 Å². The lowest BCUT2D eigenvalue weighted by Gasteiger charge is -2.13. The van der Waals surface area contributed by atoms with Gasteiger partial charge in [-0.2, -0.15) is 0 Å². The first-order valence-corrected chi connectivity index (χ1v) is 6.61. The smallest absolute Gasteiger partial charge is 0.224 e. The summed E-state index contributed by atoms with van der Waals surface area (Å²) in [5.41, 5.74) is 2.30. The highest BCUT2D eigenvalue weighted by atomic mass is 16.1. The Morgan fingerprint density at radius 1 is 1.00 bits per heavy atom. The number of carbonyl (C=O) groups is 1. The van der Waals surface area contributed by atoms with Crippen LogP contribution in [0, 0.1) is 0 Å². The molecule has 2 aromatic rings. The van der Waals surface area contributed by atoms with Crippen LogP contribution in [0.2, 0.25) is 0 Å². The predicted molar refractivity (Wildman–Crippen MR) is 78.0 cm³/mol. The van der Waals surface area contributed by atoms with Gasteiger partial charge >= 0.3 is 0 Å². The zero-order valence-electron chi connectivity index (χ0n) is 11.2. The Morgan fingerprint density at radius 3 is 2.21 bits per heavy atom. The minimum Gasteiger partial charge on any atom is -0.355 e. The van der Waals surface area contributed by atoms with E-state index in [9.17, 15) is 4.79 Å². The van der Waals surface area contributed by atoms with Crippen LogP contribution in [-0.4, -0.2) is 12.5 Å². The second kappa shape index (κ2) is 6.74. The Kier molecular flexibility index (Phi) is 4.73. The number of rotatable bonds is 5. The topological polar surface area (TPSA) is 29.1 Å². The Hall–Kier alpha value is -2.09. The zero-order chi connectivity index (χ0) is 13.5. The monoisotopic (exact) mass is 253 g/mol. The predicted octanol–water partition coefficient (Wildman–Crippen LogP) is 3.15. The normalized spacial score (nSPS) is 11.8. The van der Waals surface area contributed by atoms with Gasteiger partial charge in [0.2, 0.25) is 5.91 Å². The summed E-state index contributed by atoms with van der Waals surface area (Å²) < 4.78 is 0. The molecule has 0 unspecified atom stereocenters. The molecule has 0 aliphatic rings. The van der Waals surface area contributed by atoms with Crippen molar-refractivity contribution >= 4 is 5.91 Å². The highest BCUT2D eigenvalue weighted by Crippen LogP contribution is 2.13. The Bertz CT molecular complexity index is 507. The van der Waals surface area contributed by atoms with Crippen molar-refractivity contribution in [2.24, 2.45) is 0 Å². The lowest BCUT2D eigenvalue weighted by molar-refractivity contribution is -0.120. The number of carbonyl (C=O) groups excluding carboxylic acids is 1. The maximum Gasteiger partial charge on any atom is 0.224 e. The lowest BCUT2D eigenvalue weighted by atomic mass is 10.0. The third-order valence-corrected chi connectivity index (χ3v) is 3.18. The second-order valence-electron chi connectivity index (χ2n) is 4.78. The summed E-state index contributed by atoms with van der Waals surface area (Å²) in [5, 5.41) is 2.99. The molecule has 1 amide bonds. The third kappa shape index (κ3) is 4.25. The summed E-state index contributed by atoms with van der Waals surface area (Å²) in [5.74, 6) is 0.412. The summed E-state index contributed by atoms with van der Waals surface area (Å²) in [6.07, 6.45) is 0.447. The molecule has 0 fully saturated rings. The van der Waals surface area contributed by atoms with E-state index in [1.807, 2.05) is 48.5 Å². The van der Waals surface area contributed by atoms with Gasteiger partial charge < -0.3 is 5.32 Å². The molecule has 2 rings (SSSR count). The van der Waals surface area contributed by atoms with Gasteiger partial charge in [0.25, 0.3) is 0 Å². The minimum atomic E-state index is 0.0778. The first kappa shape index (κ1) is 13.3. The molecule has 0 spiro atoms. The van der Waals surface area contributed by atoms with Crippen LogP contribution in [0.3, 0.4) is 0 Å². The lowest BCUT2D eigenvalue weighted by Crippen LogP contribution is -2.28. The van der Waals surface area contributed by atoms with Gasteiger partial charge in [-0.15, -0.1) is 0 Å². The summed E-state index contributed by atoms with van der Waals surface area (Å²) in [6.45, 7) is 2.80. The Morgan fingerprint density at radius 2 is 1.58 bits per heavy atom. The highest BCUT2D eigenvalue weighted by molar-refractivity contribution is 5.78. The van der Waals surface area contributed by atoms with Crippen molar-refractivity contribution in [3.05, 3.63) is 71.8 Å². The standard InChI is InChI=1S/C17H19NO/c1-14(16-10-6-3-7-11-16)13-18-17(19)12-15-8-4-2-5-9-15/h2-11,14H,12-13H2,1H3,(H,18,19)/t14-/m1/s1. The maximum absolute atomic E-state index is 11.8. The average Bonchev–Trinajstić information content (AvgIpc) is 2.47. The van der Waals surface area contributed by atoms with Crippen molar-refractivity contribution in [3.63, 3.8) is 0 Å². The van der Waals surface area contributed by atoms with E-state index in [0.29, 0.717) is 18.9 Å². The Balaban J connectivity index is 1.81. The molecule has 0 aliphatic heterocycles. The molecule has 2 nitrogen and oxygen atoms in total. The molecule has 0 aliphatic carbocycles. The van der Waals surface area contributed by atoms with Crippen molar-refractivity contribution < 1.29 is 4.79 Å². The molecule has 19 heavy (non-hydrogen) atoms. The van der Waals surface area contributed by atoms with Crippen LogP contribution in [0.4, 0.5) is 0 Å². The van der Waals surface area contributed by atoms with Gasteiger partial charge in [0.05, 0.1) is 6.42 Å². The summed E-state index contributed by atoms with van der Waals surface area (Å²) in [7, 11) is 0. The minimum absolute atomic E-state index is 0.0778. The summed E-state index contributed by atoms with van der Waals surface area (Å²) in [4.78, 5) is 11.8. The van der Waals surface area contributed by atoms with E-state index >= 15 is 0 Å². The van der Waals surface area contributed by atoms with Crippen LogP contribution in [-0.2, 0) is 11.2 Å². The van der Waals surface area contributed by atoms with E-state index < -0.39 is 0 Å². The van der Waals surface area contributed by atoms with Crippen molar-refractivity contribution in [1.29, 1.82) is 0 Å². The molecule has 0 saturated heterocycles. The molecule has 0 aromatic heterocycles. The fourth-order valence-electron chi connectivity index (χ4n) is 2.01. The van der Waals surface area contributed by atoms with Crippen LogP contribution < -0.4 is 5.32 Å². The molecule has 2 heteroatoms. The van der Waals surface area contributed by atoms with E-state index in [1.54, 1.807) is 0 Å². The number of hydrogen-bond donors (Lipinski definition) is 1. The van der Waals surface area contributed by atoms with Gasteiger partial charge in [0.1, 0.15) is 0 Å². The van der Waals surface area contributed by atoms with Crippen LogP contribution in [0.5, 0.6) is 0 Å². The molecule has 0 saturated carbocycles. The van der Waals surface area contributed by atoms with Gasteiger partial charge in [0.15, 0.2) is 0 Å². The molecule has 2 aromatic carbocycles. The number of benzene rings is 2.